The summed E-state index contributed by atoms with van der Waals surface area (Å²) in [6, 6.07) is 9.23. The SMILES string of the molecule is O=C(NCc1ccnc(C(F)(F)F)c1)C1COc2ccccc2O1. The van der Waals surface area contributed by atoms with E-state index in [4.69, 9.17) is 9.47 Å². The monoisotopic (exact) mass is 338 g/mol. The number of nitrogens with one attached hydrogen (secondary N) is 1. The standard InChI is InChI=1S/C16H13F3N2O3/c17-16(18,19)14-7-10(5-6-20-14)8-21-15(22)13-9-23-11-3-1-2-4-12(11)24-13/h1-7,13H,8-9H2,(H,21,22). The maximum atomic E-state index is 12.6. The molecule has 1 aliphatic rings. The van der Waals surface area contributed by atoms with Crippen molar-refractivity contribution in [2.24, 2.45) is 0 Å². The molecule has 0 saturated carbocycles. The summed E-state index contributed by atoms with van der Waals surface area (Å²) in [5.74, 6) is 0.535. The van der Waals surface area contributed by atoms with Crippen LogP contribution in [0.15, 0.2) is 42.6 Å². The molecule has 5 nitrogen and oxygen atoms in total. The molecule has 1 N–H and O–H groups in total. The van der Waals surface area contributed by atoms with Gasteiger partial charge in [0, 0.05) is 12.7 Å². The van der Waals surface area contributed by atoms with E-state index in [-0.39, 0.29) is 13.2 Å². The fourth-order valence-corrected chi connectivity index (χ4v) is 2.19. The average molecular weight is 338 g/mol. The van der Waals surface area contributed by atoms with Gasteiger partial charge >= 0.3 is 6.18 Å². The smallest absolute Gasteiger partial charge is 0.433 e. The quantitative estimate of drug-likeness (QED) is 0.934. The molecule has 3 rings (SSSR count). The zero-order chi connectivity index (χ0) is 17.2. The molecular weight excluding hydrogens is 325 g/mol. The fraction of sp³-hybridized carbons (Fsp3) is 0.250. The molecule has 0 saturated heterocycles. The maximum Gasteiger partial charge on any atom is 0.433 e. The molecule has 126 valence electrons. The molecule has 0 radical (unpaired) electrons. The summed E-state index contributed by atoms with van der Waals surface area (Å²) in [7, 11) is 0. The summed E-state index contributed by atoms with van der Waals surface area (Å²) >= 11 is 0. The third kappa shape index (κ3) is 3.58. The van der Waals surface area contributed by atoms with Crippen LogP contribution < -0.4 is 14.8 Å². The van der Waals surface area contributed by atoms with E-state index < -0.39 is 23.9 Å². The van der Waals surface area contributed by atoms with Gasteiger partial charge in [0.2, 0.25) is 6.10 Å². The second-order valence-electron chi connectivity index (χ2n) is 5.13. The highest BCUT2D eigenvalue weighted by Gasteiger charge is 2.32. The molecule has 0 bridgehead atoms. The Hall–Kier alpha value is -2.77. The predicted molar refractivity (Wildman–Crippen MR) is 77.4 cm³/mol. The number of ether oxygens (including phenoxy) is 2. The first-order chi connectivity index (χ1) is 11.4. The van der Waals surface area contributed by atoms with E-state index in [2.05, 4.69) is 10.3 Å². The number of fused-ring (bicyclic) bond motifs is 1. The predicted octanol–water partition coefficient (Wildman–Crippen LogP) is 2.56. The van der Waals surface area contributed by atoms with Crippen LogP contribution in [0.3, 0.4) is 0 Å². The van der Waals surface area contributed by atoms with Gasteiger partial charge in [0.25, 0.3) is 5.91 Å². The van der Waals surface area contributed by atoms with Crippen molar-refractivity contribution in [3.8, 4) is 11.5 Å². The number of carbonyl (C=O) groups is 1. The number of para-hydroxylation sites is 2. The van der Waals surface area contributed by atoms with Crippen LogP contribution in [0.2, 0.25) is 0 Å². The summed E-state index contributed by atoms with van der Waals surface area (Å²) < 4.78 is 48.8. The van der Waals surface area contributed by atoms with E-state index >= 15 is 0 Å². The van der Waals surface area contributed by atoms with Gasteiger partial charge in [-0.15, -0.1) is 0 Å². The first-order valence-corrected chi connectivity index (χ1v) is 7.12. The van der Waals surface area contributed by atoms with E-state index in [1.807, 2.05) is 0 Å². The summed E-state index contributed by atoms with van der Waals surface area (Å²) in [5.41, 5.74) is -0.705. The van der Waals surface area contributed by atoms with Crippen LogP contribution in [-0.2, 0) is 17.5 Å². The number of hydrogen-bond acceptors (Lipinski definition) is 4. The molecule has 1 amide bonds. The Labute approximate surface area is 135 Å². The van der Waals surface area contributed by atoms with E-state index in [1.54, 1.807) is 24.3 Å². The summed E-state index contributed by atoms with van der Waals surface area (Å²) in [4.78, 5) is 15.4. The van der Waals surface area contributed by atoms with E-state index in [1.165, 1.54) is 6.07 Å². The number of halogens is 3. The zero-order valence-electron chi connectivity index (χ0n) is 12.3. The second kappa shape index (κ2) is 6.38. The second-order valence-corrected chi connectivity index (χ2v) is 5.13. The van der Waals surface area contributed by atoms with Gasteiger partial charge in [0.1, 0.15) is 12.3 Å². The Balaban J connectivity index is 1.61. The number of hydrogen-bond donors (Lipinski definition) is 1. The lowest BCUT2D eigenvalue weighted by molar-refractivity contribution is -0.141. The lowest BCUT2D eigenvalue weighted by Gasteiger charge is -2.25. The van der Waals surface area contributed by atoms with E-state index in [9.17, 15) is 18.0 Å². The van der Waals surface area contributed by atoms with Gasteiger partial charge in [-0.05, 0) is 29.8 Å². The molecule has 1 atom stereocenters. The van der Waals surface area contributed by atoms with Gasteiger partial charge in [-0.2, -0.15) is 13.2 Å². The Morgan fingerprint density at radius 1 is 1.25 bits per heavy atom. The third-order valence-electron chi connectivity index (χ3n) is 3.38. The summed E-state index contributed by atoms with van der Waals surface area (Å²) in [5, 5.41) is 2.54. The van der Waals surface area contributed by atoms with Gasteiger partial charge in [0.05, 0.1) is 0 Å². The minimum atomic E-state index is -4.52. The number of pyridine rings is 1. The van der Waals surface area contributed by atoms with Crippen LogP contribution in [0.1, 0.15) is 11.3 Å². The van der Waals surface area contributed by atoms with Crippen molar-refractivity contribution in [1.29, 1.82) is 0 Å². The minimum absolute atomic E-state index is 0.0347. The Morgan fingerprint density at radius 3 is 2.75 bits per heavy atom. The van der Waals surface area contributed by atoms with Crippen LogP contribution in [-0.4, -0.2) is 23.6 Å². The first kappa shape index (κ1) is 16.1. The number of carbonyl (C=O) groups excluding carboxylic acids is 1. The third-order valence-corrected chi connectivity index (χ3v) is 3.38. The van der Waals surface area contributed by atoms with Crippen molar-refractivity contribution < 1.29 is 27.4 Å². The van der Waals surface area contributed by atoms with Crippen molar-refractivity contribution in [1.82, 2.24) is 10.3 Å². The fourth-order valence-electron chi connectivity index (χ4n) is 2.19. The summed E-state index contributed by atoms with van der Waals surface area (Å²) in [6.07, 6.45) is -4.33. The molecule has 8 heteroatoms. The Bertz CT molecular complexity index is 749. The van der Waals surface area contributed by atoms with E-state index in [0.717, 1.165) is 12.3 Å². The van der Waals surface area contributed by atoms with Crippen molar-refractivity contribution >= 4 is 5.91 Å². The molecule has 0 aliphatic carbocycles. The minimum Gasteiger partial charge on any atom is -0.485 e. The average Bonchev–Trinajstić information content (AvgIpc) is 2.59. The molecule has 2 aromatic rings. The molecule has 1 unspecified atom stereocenters. The molecule has 1 aromatic heterocycles. The first-order valence-electron chi connectivity index (χ1n) is 7.12. The highest BCUT2D eigenvalue weighted by molar-refractivity contribution is 5.81. The Morgan fingerprint density at radius 2 is 2.00 bits per heavy atom. The molecule has 24 heavy (non-hydrogen) atoms. The van der Waals surface area contributed by atoms with Gasteiger partial charge in [-0.1, -0.05) is 12.1 Å². The number of benzene rings is 1. The Kier molecular flexibility index (Phi) is 4.28. The molecule has 2 heterocycles. The van der Waals surface area contributed by atoms with E-state index in [0.29, 0.717) is 17.1 Å². The summed E-state index contributed by atoms with van der Waals surface area (Å²) in [6.45, 7) is -0.0288. The van der Waals surface area contributed by atoms with Crippen molar-refractivity contribution in [3.05, 3.63) is 53.9 Å². The highest BCUT2D eigenvalue weighted by Crippen LogP contribution is 2.31. The van der Waals surface area contributed by atoms with Gasteiger partial charge in [0.15, 0.2) is 11.5 Å². The van der Waals surface area contributed by atoms with Crippen molar-refractivity contribution in [2.75, 3.05) is 6.61 Å². The molecule has 1 aromatic carbocycles. The molecule has 0 fully saturated rings. The maximum absolute atomic E-state index is 12.6. The van der Waals surface area contributed by atoms with Gasteiger partial charge in [-0.3, -0.25) is 9.78 Å². The normalized spacial score (nSPS) is 16.5. The molecular formula is C16H13F3N2O3. The number of alkyl halides is 3. The number of rotatable bonds is 3. The van der Waals surface area contributed by atoms with Gasteiger partial charge < -0.3 is 14.8 Å². The van der Waals surface area contributed by atoms with Crippen LogP contribution >= 0.6 is 0 Å². The highest BCUT2D eigenvalue weighted by atomic mass is 19.4. The number of nitrogens with zero attached hydrogens (tertiary/aromatic N) is 1. The zero-order valence-corrected chi connectivity index (χ0v) is 12.3. The number of aromatic nitrogens is 1. The molecule has 0 spiro atoms. The van der Waals surface area contributed by atoms with Crippen LogP contribution in [0.25, 0.3) is 0 Å². The van der Waals surface area contributed by atoms with Crippen LogP contribution in [0.4, 0.5) is 13.2 Å². The van der Waals surface area contributed by atoms with Crippen LogP contribution in [0.5, 0.6) is 11.5 Å². The topological polar surface area (TPSA) is 60.5 Å². The van der Waals surface area contributed by atoms with Crippen molar-refractivity contribution in [3.63, 3.8) is 0 Å². The lowest BCUT2D eigenvalue weighted by Crippen LogP contribution is -2.43. The number of amides is 1. The van der Waals surface area contributed by atoms with Gasteiger partial charge in [-0.25, -0.2) is 0 Å². The van der Waals surface area contributed by atoms with Crippen LogP contribution in [0, 0.1) is 0 Å². The lowest BCUT2D eigenvalue weighted by atomic mass is 10.2. The van der Waals surface area contributed by atoms with Crippen molar-refractivity contribution in [2.45, 2.75) is 18.8 Å². The molecule has 1 aliphatic heterocycles. The largest absolute Gasteiger partial charge is 0.485 e.